The molecule has 0 unspecified atom stereocenters. The van der Waals surface area contributed by atoms with Gasteiger partial charge in [0.15, 0.2) is 0 Å². The maximum Gasteiger partial charge on any atom is 0.336 e. The van der Waals surface area contributed by atoms with Gasteiger partial charge in [-0.2, -0.15) is 5.10 Å². The van der Waals surface area contributed by atoms with Crippen molar-refractivity contribution in [1.82, 2.24) is 15.1 Å². The number of hydrogen-bond acceptors (Lipinski definition) is 5. The quantitative estimate of drug-likeness (QED) is 0.581. The summed E-state index contributed by atoms with van der Waals surface area (Å²) in [5.74, 6) is 0.396. The molecule has 0 bridgehead atoms. The van der Waals surface area contributed by atoms with Crippen LogP contribution >= 0.6 is 0 Å². The smallest absolute Gasteiger partial charge is 0.336 e. The summed E-state index contributed by atoms with van der Waals surface area (Å²) in [6.45, 7) is 1.69. The summed E-state index contributed by atoms with van der Waals surface area (Å²) in [6, 6.07) is 12.8. The Morgan fingerprint density at radius 1 is 1.29 bits per heavy atom. The lowest BCUT2D eigenvalue weighted by Crippen LogP contribution is -2.22. The number of hydrogen-bond donors (Lipinski definition) is 3. The number of aromatic nitrogens is 2. The van der Waals surface area contributed by atoms with Crippen LogP contribution in [0.2, 0.25) is 0 Å². The van der Waals surface area contributed by atoms with Gasteiger partial charge in [-0.1, -0.05) is 18.2 Å². The molecule has 1 aliphatic heterocycles. The van der Waals surface area contributed by atoms with E-state index >= 15 is 0 Å². The Bertz CT molecular complexity index is 962. The minimum Gasteiger partial charge on any atom is -0.478 e. The first kappa shape index (κ1) is 18.5. The Labute approximate surface area is 162 Å². The molecule has 1 fully saturated rings. The molecule has 0 amide bonds. The van der Waals surface area contributed by atoms with Gasteiger partial charge in [0.2, 0.25) is 0 Å². The molecule has 7 nitrogen and oxygen atoms in total. The molecule has 0 saturated carbocycles. The highest BCUT2D eigenvalue weighted by Gasteiger charge is 2.29. The molecule has 3 heterocycles. The normalized spacial score (nSPS) is 17.2. The lowest BCUT2D eigenvalue weighted by Gasteiger charge is -2.21. The molecule has 3 N–H and O–H groups in total. The van der Waals surface area contributed by atoms with E-state index in [1.165, 1.54) is 0 Å². The molecule has 2 aromatic heterocycles. The van der Waals surface area contributed by atoms with Crippen LogP contribution < -0.4 is 0 Å². The zero-order valence-corrected chi connectivity index (χ0v) is 15.5. The lowest BCUT2D eigenvalue weighted by atomic mass is 10.1. The van der Waals surface area contributed by atoms with Crippen LogP contribution in [0.5, 0.6) is 0 Å². The Kier molecular flexibility index (Phi) is 5.27. The van der Waals surface area contributed by atoms with E-state index in [-0.39, 0.29) is 18.2 Å². The molecule has 1 aliphatic rings. The van der Waals surface area contributed by atoms with Crippen LogP contribution in [0.4, 0.5) is 0 Å². The molecule has 0 aliphatic carbocycles. The number of likely N-dealkylation sites (tertiary alicyclic amines) is 1. The Morgan fingerprint density at radius 3 is 2.96 bits per heavy atom. The van der Waals surface area contributed by atoms with Crippen molar-refractivity contribution in [1.29, 1.82) is 0 Å². The predicted octanol–water partition coefficient (Wildman–Crippen LogP) is 3.24. The summed E-state index contributed by atoms with van der Waals surface area (Å²) in [5, 5.41) is 25.9. The maximum atomic E-state index is 11.5. The van der Waals surface area contributed by atoms with E-state index in [1.54, 1.807) is 18.2 Å². The Balaban J connectivity index is 1.51. The van der Waals surface area contributed by atoms with Gasteiger partial charge < -0.3 is 14.6 Å². The number of aliphatic hydroxyl groups excluding tert-OH is 1. The minimum absolute atomic E-state index is 0.100. The SMILES string of the molecule is O=C(O)c1ccccc1-c1ccc(CN2CCC[C@H]2c2cc(CCO)[nH]n2)o1. The third-order valence-corrected chi connectivity index (χ3v) is 5.18. The maximum absolute atomic E-state index is 11.5. The van der Waals surface area contributed by atoms with Gasteiger partial charge >= 0.3 is 5.97 Å². The van der Waals surface area contributed by atoms with Gasteiger partial charge in [-0.05, 0) is 43.7 Å². The van der Waals surface area contributed by atoms with Gasteiger partial charge in [-0.3, -0.25) is 10.00 Å². The second-order valence-corrected chi connectivity index (χ2v) is 7.04. The summed E-state index contributed by atoms with van der Waals surface area (Å²) in [5.41, 5.74) is 2.74. The fourth-order valence-corrected chi connectivity index (χ4v) is 3.84. The van der Waals surface area contributed by atoms with Crippen LogP contribution in [0, 0.1) is 0 Å². The van der Waals surface area contributed by atoms with Crippen LogP contribution in [-0.2, 0) is 13.0 Å². The Morgan fingerprint density at radius 2 is 2.14 bits per heavy atom. The van der Waals surface area contributed by atoms with E-state index < -0.39 is 5.97 Å². The number of nitrogens with zero attached hydrogens (tertiary/aromatic N) is 2. The largest absolute Gasteiger partial charge is 0.478 e. The molecule has 4 rings (SSSR count). The average Bonchev–Trinajstić information content (AvgIpc) is 3.43. The van der Waals surface area contributed by atoms with Crippen molar-refractivity contribution in [3.8, 4) is 11.3 Å². The highest BCUT2D eigenvalue weighted by Crippen LogP contribution is 2.34. The van der Waals surface area contributed by atoms with E-state index in [0.717, 1.165) is 36.5 Å². The number of nitrogens with one attached hydrogen (secondary N) is 1. The highest BCUT2D eigenvalue weighted by molar-refractivity contribution is 5.95. The molecule has 7 heteroatoms. The first-order valence-corrected chi connectivity index (χ1v) is 9.46. The van der Waals surface area contributed by atoms with Gasteiger partial charge in [0.25, 0.3) is 0 Å². The van der Waals surface area contributed by atoms with Gasteiger partial charge in [-0.15, -0.1) is 0 Å². The number of H-pyrrole nitrogens is 1. The number of aromatic carboxylic acids is 1. The molecule has 3 aromatic rings. The Hall–Kier alpha value is -2.90. The summed E-state index contributed by atoms with van der Waals surface area (Å²) in [7, 11) is 0. The highest BCUT2D eigenvalue weighted by atomic mass is 16.4. The lowest BCUT2D eigenvalue weighted by molar-refractivity contribution is 0.0697. The first-order chi connectivity index (χ1) is 13.7. The van der Waals surface area contributed by atoms with Crippen molar-refractivity contribution in [3.05, 3.63) is 65.2 Å². The zero-order valence-electron chi connectivity index (χ0n) is 15.5. The summed E-state index contributed by atoms with van der Waals surface area (Å²) >= 11 is 0. The van der Waals surface area contributed by atoms with E-state index in [0.29, 0.717) is 24.3 Å². The number of furan rings is 1. The number of carboxylic acids is 1. The van der Waals surface area contributed by atoms with Crippen molar-refractivity contribution in [3.63, 3.8) is 0 Å². The van der Waals surface area contributed by atoms with Gasteiger partial charge in [0.1, 0.15) is 11.5 Å². The minimum atomic E-state index is -0.967. The molecule has 1 saturated heterocycles. The van der Waals surface area contributed by atoms with Crippen molar-refractivity contribution in [2.24, 2.45) is 0 Å². The number of rotatable bonds is 7. The van der Waals surface area contributed by atoms with E-state index in [4.69, 9.17) is 9.52 Å². The molecular weight excluding hydrogens is 358 g/mol. The van der Waals surface area contributed by atoms with Crippen LogP contribution in [0.15, 0.2) is 46.9 Å². The topological polar surface area (TPSA) is 103 Å². The second kappa shape index (κ2) is 8.00. The predicted molar refractivity (Wildman–Crippen MR) is 103 cm³/mol. The third-order valence-electron chi connectivity index (χ3n) is 5.18. The van der Waals surface area contributed by atoms with Crippen molar-refractivity contribution >= 4 is 5.97 Å². The molecule has 0 radical (unpaired) electrons. The summed E-state index contributed by atoms with van der Waals surface area (Å²) < 4.78 is 5.98. The van der Waals surface area contributed by atoms with Gasteiger partial charge in [-0.25, -0.2) is 4.79 Å². The molecule has 1 atom stereocenters. The zero-order chi connectivity index (χ0) is 19.5. The summed E-state index contributed by atoms with van der Waals surface area (Å²) in [6.07, 6.45) is 2.69. The molecule has 28 heavy (non-hydrogen) atoms. The fourth-order valence-electron chi connectivity index (χ4n) is 3.84. The summed E-state index contributed by atoms with van der Waals surface area (Å²) in [4.78, 5) is 13.8. The number of benzene rings is 1. The van der Waals surface area contributed by atoms with Crippen LogP contribution in [0.3, 0.4) is 0 Å². The molecular formula is C21H23N3O4. The number of carboxylic acid groups (broad SMARTS) is 1. The van der Waals surface area contributed by atoms with Crippen molar-refractivity contribution < 1.29 is 19.4 Å². The standard InChI is InChI=1S/C21H23N3O4/c25-11-9-14-12-18(23-22-14)19-6-3-10-24(19)13-15-7-8-20(28-15)16-4-1-2-5-17(16)21(26)27/h1-2,4-5,7-8,12,19,25H,3,6,9-11,13H2,(H,22,23)(H,26,27)/t19-/m0/s1. The number of carbonyl (C=O) groups is 1. The molecule has 146 valence electrons. The average molecular weight is 381 g/mol. The molecule has 0 spiro atoms. The van der Waals surface area contributed by atoms with Crippen LogP contribution in [0.1, 0.15) is 46.4 Å². The number of aliphatic hydroxyl groups is 1. The van der Waals surface area contributed by atoms with Crippen LogP contribution in [-0.4, -0.2) is 44.4 Å². The van der Waals surface area contributed by atoms with E-state index in [1.807, 2.05) is 24.3 Å². The van der Waals surface area contributed by atoms with E-state index in [2.05, 4.69) is 15.1 Å². The third kappa shape index (κ3) is 3.72. The second-order valence-electron chi connectivity index (χ2n) is 7.04. The van der Waals surface area contributed by atoms with Crippen LogP contribution in [0.25, 0.3) is 11.3 Å². The monoisotopic (exact) mass is 381 g/mol. The van der Waals surface area contributed by atoms with E-state index in [9.17, 15) is 9.90 Å². The fraction of sp³-hybridized carbons (Fsp3) is 0.333. The van der Waals surface area contributed by atoms with Crippen molar-refractivity contribution in [2.75, 3.05) is 13.2 Å². The van der Waals surface area contributed by atoms with Gasteiger partial charge in [0.05, 0.1) is 23.8 Å². The molecule has 1 aromatic carbocycles. The number of aromatic amines is 1. The van der Waals surface area contributed by atoms with Gasteiger partial charge in [0, 0.05) is 24.3 Å². The van der Waals surface area contributed by atoms with Crippen molar-refractivity contribution in [2.45, 2.75) is 31.8 Å². The first-order valence-electron chi connectivity index (χ1n) is 9.46.